The number of nitrogens with two attached hydrogens (primary N) is 1. The van der Waals surface area contributed by atoms with Crippen LogP contribution < -0.4 is 11.1 Å². The van der Waals surface area contributed by atoms with E-state index in [4.69, 9.17) is 10.5 Å². The molecule has 0 aliphatic rings. The van der Waals surface area contributed by atoms with Crippen molar-refractivity contribution in [3.8, 4) is 0 Å². The van der Waals surface area contributed by atoms with Gasteiger partial charge in [0, 0.05) is 32.3 Å². The van der Waals surface area contributed by atoms with Crippen molar-refractivity contribution in [1.82, 2.24) is 5.32 Å². The molecular formula is C8H20N2O. The van der Waals surface area contributed by atoms with E-state index in [2.05, 4.69) is 19.2 Å². The monoisotopic (exact) mass is 160 g/mol. The molecule has 3 heteroatoms. The number of methoxy groups -OCH3 is 1. The lowest BCUT2D eigenvalue weighted by Gasteiger charge is -2.13. The molecule has 0 amide bonds. The Morgan fingerprint density at radius 3 is 2.55 bits per heavy atom. The van der Waals surface area contributed by atoms with Gasteiger partial charge in [0.1, 0.15) is 0 Å². The summed E-state index contributed by atoms with van der Waals surface area (Å²) in [5, 5.41) is 3.27. The van der Waals surface area contributed by atoms with Crippen LogP contribution in [0.3, 0.4) is 0 Å². The molecule has 0 aromatic heterocycles. The summed E-state index contributed by atoms with van der Waals surface area (Å²) in [4.78, 5) is 0. The highest BCUT2D eigenvalue weighted by Crippen LogP contribution is 1.87. The van der Waals surface area contributed by atoms with Crippen LogP contribution in [0.1, 0.15) is 20.3 Å². The molecule has 0 fully saturated rings. The Kier molecular flexibility index (Phi) is 6.51. The Balaban J connectivity index is 3.15. The minimum absolute atomic E-state index is 0.220. The van der Waals surface area contributed by atoms with Gasteiger partial charge in [-0.25, -0.2) is 0 Å². The van der Waals surface area contributed by atoms with Gasteiger partial charge in [0.15, 0.2) is 0 Å². The molecule has 0 aliphatic heterocycles. The van der Waals surface area contributed by atoms with Crippen LogP contribution in [0.5, 0.6) is 0 Å². The predicted molar refractivity (Wildman–Crippen MR) is 47.6 cm³/mol. The topological polar surface area (TPSA) is 47.3 Å². The quantitative estimate of drug-likeness (QED) is 0.589. The SMILES string of the molecule is COCCC(N)CNC(C)C. The summed E-state index contributed by atoms with van der Waals surface area (Å²) in [6, 6.07) is 0.737. The third-order valence-corrected chi connectivity index (χ3v) is 1.48. The highest BCUT2D eigenvalue weighted by atomic mass is 16.5. The smallest absolute Gasteiger partial charge is 0.0477 e. The molecule has 1 unspecified atom stereocenters. The molecule has 11 heavy (non-hydrogen) atoms. The van der Waals surface area contributed by atoms with Crippen molar-refractivity contribution in [3.63, 3.8) is 0 Å². The molecule has 68 valence electrons. The second-order valence-electron chi connectivity index (χ2n) is 3.10. The summed E-state index contributed by atoms with van der Waals surface area (Å²) < 4.78 is 4.91. The number of hydrogen-bond donors (Lipinski definition) is 2. The average molecular weight is 160 g/mol. The predicted octanol–water partition coefficient (Wildman–Crippen LogP) is 0.348. The van der Waals surface area contributed by atoms with Crippen molar-refractivity contribution >= 4 is 0 Å². The van der Waals surface area contributed by atoms with Crippen LogP contribution in [0, 0.1) is 0 Å². The molecule has 0 aromatic rings. The van der Waals surface area contributed by atoms with E-state index < -0.39 is 0 Å². The van der Waals surface area contributed by atoms with Crippen molar-refractivity contribution in [3.05, 3.63) is 0 Å². The van der Waals surface area contributed by atoms with Gasteiger partial charge in [-0.05, 0) is 6.42 Å². The molecule has 0 bridgehead atoms. The Hall–Kier alpha value is -0.120. The summed E-state index contributed by atoms with van der Waals surface area (Å²) >= 11 is 0. The third kappa shape index (κ3) is 7.78. The minimum atomic E-state index is 0.220. The first-order valence-corrected chi connectivity index (χ1v) is 4.14. The van der Waals surface area contributed by atoms with Crippen LogP contribution in [0.2, 0.25) is 0 Å². The second-order valence-corrected chi connectivity index (χ2v) is 3.10. The van der Waals surface area contributed by atoms with E-state index >= 15 is 0 Å². The van der Waals surface area contributed by atoms with Crippen LogP contribution in [0.15, 0.2) is 0 Å². The van der Waals surface area contributed by atoms with Gasteiger partial charge in [0.05, 0.1) is 0 Å². The molecule has 0 rings (SSSR count). The van der Waals surface area contributed by atoms with Gasteiger partial charge < -0.3 is 15.8 Å². The maximum absolute atomic E-state index is 5.77. The lowest BCUT2D eigenvalue weighted by molar-refractivity contribution is 0.187. The fourth-order valence-corrected chi connectivity index (χ4v) is 0.758. The van der Waals surface area contributed by atoms with Gasteiger partial charge in [-0.1, -0.05) is 13.8 Å². The molecule has 3 N–H and O–H groups in total. The highest BCUT2D eigenvalue weighted by Gasteiger charge is 2.01. The zero-order valence-corrected chi connectivity index (χ0v) is 7.76. The fraction of sp³-hybridized carbons (Fsp3) is 1.00. The summed E-state index contributed by atoms with van der Waals surface area (Å²) in [7, 11) is 1.70. The second kappa shape index (κ2) is 6.58. The molecule has 0 aromatic carbocycles. The number of nitrogens with one attached hydrogen (secondary N) is 1. The molecule has 0 radical (unpaired) electrons. The molecular weight excluding hydrogens is 140 g/mol. The Morgan fingerprint density at radius 2 is 2.09 bits per heavy atom. The largest absolute Gasteiger partial charge is 0.385 e. The lowest BCUT2D eigenvalue weighted by Crippen LogP contribution is -2.37. The van der Waals surface area contributed by atoms with Crippen molar-refractivity contribution in [1.29, 1.82) is 0 Å². The summed E-state index contributed by atoms with van der Waals surface area (Å²) in [6.45, 7) is 5.86. The molecule has 0 saturated heterocycles. The maximum Gasteiger partial charge on any atom is 0.0477 e. The lowest BCUT2D eigenvalue weighted by atomic mass is 10.2. The molecule has 0 spiro atoms. The summed E-state index contributed by atoms with van der Waals surface area (Å²) in [5.41, 5.74) is 5.77. The van der Waals surface area contributed by atoms with Crippen molar-refractivity contribution < 1.29 is 4.74 Å². The standard InChI is InChI=1S/C8H20N2O/c1-7(2)10-6-8(9)4-5-11-3/h7-8,10H,4-6,9H2,1-3H3. The summed E-state index contributed by atoms with van der Waals surface area (Å²) in [6.07, 6.45) is 0.927. The number of hydrogen-bond acceptors (Lipinski definition) is 3. The molecule has 3 nitrogen and oxygen atoms in total. The van der Waals surface area contributed by atoms with Crippen LogP contribution in [0.4, 0.5) is 0 Å². The van der Waals surface area contributed by atoms with Crippen molar-refractivity contribution in [2.75, 3.05) is 20.3 Å². The zero-order chi connectivity index (χ0) is 8.69. The zero-order valence-electron chi connectivity index (χ0n) is 7.76. The molecule has 0 heterocycles. The first-order valence-electron chi connectivity index (χ1n) is 4.14. The number of rotatable bonds is 6. The van der Waals surface area contributed by atoms with Crippen LogP contribution >= 0.6 is 0 Å². The van der Waals surface area contributed by atoms with Crippen LogP contribution in [-0.4, -0.2) is 32.3 Å². The minimum Gasteiger partial charge on any atom is -0.385 e. The Morgan fingerprint density at radius 1 is 1.45 bits per heavy atom. The maximum atomic E-state index is 5.77. The van der Waals surface area contributed by atoms with Crippen LogP contribution in [0.25, 0.3) is 0 Å². The van der Waals surface area contributed by atoms with Gasteiger partial charge >= 0.3 is 0 Å². The van der Waals surface area contributed by atoms with Crippen LogP contribution in [-0.2, 0) is 4.74 Å². The highest BCUT2D eigenvalue weighted by molar-refractivity contribution is 4.65. The van der Waals surface area contributed by atoms with Crippen molar-refractivity contribution in [2.45, 2.75) is 32.4 Å². The fourth-order valence-electron chi connectivity index (χ4n) is 0.758. The van der Waals surface area contributed by atoms with Gasteiger partial charge in [-0.15, -0.1) is 0 Å². The van der Waals surface area contributed by atoms with E-state index in [1.165, 1.54) is 0 Å². The molecule has 0 aliphatic carbocycles. The van der Waals surface area contributed by atoms with Gasteiger partial charge in [-0.2, -0.15) is 0 Å². The van der Waals surface area contributed by atoms with Gasteiger partial charge in [-0.3, -0.25) is 0 Å². The Bertz CT molecular complexity index is 86.2. The molecule has 1 atom stereocenters. The average Bonchev–Trinajstić information content (AvgIpc) is 1.97. The van der Waals surface area contributed by atoms with Crippen molar-refractivity contribution in [2.24, 2.45) is 5.73 Å². The Labute approximate surface area is 69.3 Å². The first-order chi connectivity index (χ1) is 5.16. The van der Waals surface area contributed by atoms with E-state index in [1.807, 2.05) is 0 Å². The number of ether oxygens (including phenoxy) is 1. The van der Waals surface area contributed by atoms with E-state index in [0.29, 0.717) is 6.04 Å². The van der Waals surface area contributed by atoms with E-state index in [1.54, 1.807) is 7.11 Å². The van der Waals surface area contributed by atoms with E-state index in [9.17, 15) is 0 Å². The molecule has 0 saturated carbocycles. The van der Waals surface area contributed by atoms with Gasteiger partial charge in [0.2, 0.25) is 0 Å². The van der Waals surface area contributed by atoms with E-state index in [0.717, 1.165) is 19.6 Å². The first kappa shape index (κ1) is 10.9. The summed E-state index contributed by atoms with van der Waals surface area (Å²) in [5.74, 6) is 0. The normalized spacial score (nSPS) is 13.9. The third-order valence-electron chi connectivity index (χ3n) is 1.48. The van der Waals surface area contributed by atoms with Gasteiger partial charge in [0.25, 0.3) is 0 Å². The van der Waals surface area contributed by atoms with E-state index in [-0.39, 0.29) is 6.04 Å².